The zero-order valence-electron chi connectivity index (χ0n) is 9.23. The average molecular weight is 219 g/mol. The highest BCUT2D eigenvalue weighted by Crippen LogP contribution is 2.21. The normalized spacial score (nSPS) is 23.8. The quantitative estimate of drug-likeness (QED) is 0.822. The van der Waals surface area contributed by atoms with Crippen molar-refractivity contribution in [3.8, 4) is 0 Å². The number of carboxylic acid groups (broad SMARTS) is 1. The number of carboxylic acids is 1. The van der Waals surface area contributed by atoms with Crippen LogP contribution in [0.1, 0.15) is 18.1 Å². The van der Waals surface area contributed by atoms with Crippen LogP contribution in [0.2, 0.25) is 0 Å². The van der Waals surface area contributed by atoms with Crippen LogP contribution in [0, 0.1) is 6.92 Å². The number of benzene rings is 1. The number of hydrogen-bond acceptors (Lipinski definition) is 3. The predicted molar refractivity (Wildman–Crippen MR) is 59.7 cm³/mol. The van der Waals surface area contributed by atoms with Gasteiger partial charge in [0.25, 0.3) is 0 Å². The van der Waals surface area contributed by atoms with Gasteiger partial charge in [-0.25, -0.2) is 9.79 Å². The Morgan fingerprint density at radius 1 is 1.44 bits per heavy atom. The lowest BCUT2D eigenvalue weighted by Gasteiger charge is -2.10. The maximum absolute atomic E-state index is 11.0. The van der Waals surface area contributed by atoms with Gasteiger partial charge in [0.2, 0.25) is 5.90 Å². The molecule has 0 aromatic heterocycles. The lowest BCUT2D eigenvalue weighted by Crippen LogP contribution is -2.34. The number of carbonyl (C=O) groups is 1. The minimum Gasteiger partial charge on any atom is -0.479 e. The van der Waals surface area contributed by atoms with Crippen LogP contribution < -0.4 is 0 Å². The summed E-state index contributed by atoms with van der Waals surface area (Å²) in [6.45, 7) is 3.63. The molecule has 0 amide bonds. The molecule has 4 heteroatoms. The van der Waals surface area contributed by atoms with Gasteiger partial charge in [0.05, 0.1) is 0 Å². The minimum absolute atomic E-state index is 0.0888. The van der Waals surface area contributed by atoms with E-state index in [0.717, 1.165) is 11.1 Å². The number of ether oxygens (including phenoxy) is 1. The Kier molecular flexibility index (Phi) is 2.42. The van der Waals surface area contributed by atoms with Gasteiger partial charge in [-0.3, -0.25) is 0 Å². The van der Waals surface area contributed by atoms with Gasteiger partial charge in [-0.1, -0.05) is 17.7 Å². The Morgan fingerprint density at radius 2 is 2.06 bits per heavy atom. The van der Waals surface area contributed by atoms with Gasteiger partial charge in [-0.15, -0.1) is 0 Å². The van der Waals surface area contributed by atoms with Gasteiger partial charge >= 0.3 is 5.97 Å². The predicted octanol–water partition coefficient (Wildman–Crippen LogP) is 1.62. The van der Waals surface area contributed by atoms with Gasteiger partial charge in [0, 0.05) is 5.56 Å². The van der Waals surface area contributed by atoms with Crippen molar-refractivity contribution in [3.05, 3.63) is 35.4 Å². The lowest BCUT2D eigenvalue weighted by molar-refractivity contribution is -0.142. The van der Waals surface area contributed by atoms with E-state index in [9.17, 15) is 4.79 Å². The molecule has 0 aliphatic carbocycles. The van der Waals surface area contributed by atoms with Crippen molar-refractivity contribution in [1.29, 1.82) is 0 Å². The standard InChI is InChI=1S/C12H13NO3/c1-8-3-5-9(6-4-8)10-13-12(2,7-16-10)11(14)15/h3-6H,7H2,1-2H3,(H,14,15)/t12-/m0/s1. The van der Waals surface area contributed by atoms with Gasteiger partial charge in [0.1, 0.15) is 6.61 Å². The highest BCUT2D eigenvalue weighted by Gasteiger charge is 2.39. The summed E-state index contributed by atoms with van der Waals surface area (Å²) >= 11 is 0. The molecule has 0 spiro atoms. The molecule has 1 aliphatic rings. The van der Waals surface area contributed by atoms with Crippen molar-refractivity contribution in [2.75, 3.05) is 6.61 Å². The summed E-state index contributed by atoms with van der Waals surface area (Å²) in [5.41, 5.74) is 0.805. The van der Waals surface area contributed by atoms with E-state index in [1.54, 1.807) is 6.92 Å². The maximum Gasteiger partial charge on any atom is 0.335 e. The fourth-order valence-corrected chi connectivity index (χ4v) is 1.45. The molecule has 2 rings (SSSR count). The molecule has 1 heterocycles. The van der Waals surface area contributed by atoms with Crippen LogP contribution in [-0.4, -0.2) is 29.1 Å². The van der Waals surface area contributed by atoms with Crippen molar-refractivity contribution in [1.82, 2.24) is 0 Å². The Balaban J connectivity index is 2.31. The molecule has 1 N–H and O–H groups in total. The van der Waals surface area contributed by atoms with Crippen molar-refractivity contribution in [2.24, 2.45) is 4.99 Å². The number of aliphatic carboxylic acids is 1. The maximum atomic E-state index is 11.0. The van der Waals surface area contributed by atoms with Crippen LogP contribution in [0.15, 0.2) is 29.3 Å². The fourth-order valence-electron chi connectivity index (χ4n) is 1.45. The largest absolute Gasteiger partial charge is 0.479 e. The van der Waals surface area contributed by atoms with E-state index in [-0.39, 0.29) is 6.61 Å². The van der Waals surface area contributed by atoms with Crippen LogP contribution in [-0.2, 0) is 9.53 Å². The molecular formula is C12H13NO3. The molecule has 0 bridgehead atoms. The third kappa shape index (κ3) is 1.78. The van der Waals surface area contributed by atoms with Gasteiger partial charge < -0.3 is 9.84 Å². The zero-order valence-corrected chi connectivity index (χ0v) is 9.23. The molecule has 1 aromatic carbocycles. The van der Waals surface area contributed by atoms with E-state index in [0.29, 0.717) is 5.90 Å². The first kappa shape index (κ1) is 10.7. The molecule has 4 nitrogen and oxygen atoms in total. The second kappa shape index (κ2) is 3.63. The third-order valence-corrected chi connectivity index (χ3v) is 2.60. The minimum atomic E-state index is -1.15. The van der Waals surface area contributed by atoms with E-state index in [1.807, 2.05) is 31.2 Å². The van der Waals surface area contributed by atoms with Crippen LogP contribution in [0.4, 0.5) is 0 Å². The molecule has 0 radical (unpaired) electrons. The topological polar surface area (TPSA) is 58.9 Å². The van der Waals surface area contributed by atoms with E-state index < -0.39 is 11.5 Å². The average Bonchev–Trinajstić information content (AvgIpc) is 2.63. The molecule has 1 atom stereocenters. The van der Waals surface area contributed by atoms with Crippen LogP contribution in [0.3, 0.4) is 0 Å². The summed E-state index contributed by atoms with van der Waals surface area (Å²) in [5, 5.41) is 8.99. The molecule has 16 heavy (non-hydrogen) atoms. The number of hydrogen-bond donors (Lipinski definition) is 1. The zero-order chi connectivity index (χ0) is 11.8. The molecule has 1 aliphatic heterocycles. The number of aryl methyl sites for hydroxylation is 1. The summed E-state index contributed by atoms with van der Waals surface area (Å²) in [5.74, 6) is -0.556. The van der Waals surface area contributed by atoms with E-state index in [1.165, 1.54) is 0 Å². The SMILES string of the molecule is Cc1ccc(C2=N[C@](C)(C(=O)O)CO2)cc1. The molecule has 0 fully saturated rings. The van der Waals surface area contributed by atoms with Gasteiger partial charge in [0.15, 0.2) is 5.54 Å². The number of aliphatic imine (C=N–C) groups is 1. The summed E-state index contributed by atoms with van der Waals surface area (Å²) in [6, 6.07) is 7.64. The second-order valence-electron chi connectivity index (χ2n) is 4.15. The first-order valence-corrected chi connectivity index (χ1v) is 5.04. The summed E-state index contributed by atoms with van der Waals surface area (Å²) in [4.78, 5) is 15.1. The molecule has 1 aromatic rings. The van der Waals surface area contributed by atoms with Crippen LogP contribution >= 0.6 is 0 Å². The number of rotatable bonds is 2. The highest BCUT2D eigenvalue weighted by atomic mass is 16.5. The van der Waals surface area contributed by atoms with Gasteiger partial charge in [-0.05, 0) is 26.0 Å². The Hall–Kier alpha value is -1.84. The molecular weight excluding hydrogens is 206 g/mol. The monoisotopic (exact) mass is 219 g/mol. The first-order chi connectivity index (χ1) is 7.51. The Bertz CT molecular complexity index is 450. The Labute approximate surface area is 93.6 Å². The fraction of sp³-hybridized carbons (Fsp3) is 0.333. The van der Waals surface area contributed by atoms with Gasteiger partial charge in [-0.2, -0.15) is 0 Å². The smallest absolute Gasteiger partial charge is 0.335 e. The summed E-state index contributed by atoms with van der Waals surface area (Å²) in [7, 11) is 0. The van der Waals surface area contributed by atoms with Crippen LogP contribution in [0.5, 0.6) is 0 Å². The number of nitrogens with zero attached hydrogens (tertiary/aromatic N) is 1. The molecule has 0 unspecified atom stereocenters. The lowest BCUT2D eigenvalue weighted by atomic mass is 10.1. The first-order valence-electron chi connectivity index (χ1n) is 5.04. The molecule has 0 saturated carbocycles. The van der Waals surface area contributed by atoms with Crippen molar-refractivity contribution >= 4 is 11.9 Å². The second-order valence-corrected chi connectivity index (χ2v) is 4.15. The summed E-state index contributed by atoms with van der Waals surface area (Å²) in [6.07, 6.45) is 0. The van der Waals surface area contributed by atoms with Crippen molar-refractivity contribution in [3.63, 3.8) is 0 Å². The Morgan fingerprint density at radius 3 is 2.56 bits per heavy atom. The molecule has 0 saturated heterocycles. The summed E-state index contributed by atoms with van der Waals surface area (Å²) < 4.78 is 5.32. The van der Waals surface area contributed by atoms with Crippen LogP contribution in [0.25, 0.3) is 0 Å². The van der Waals surface area contributed by atoms with E-state index in [4.69, 9.17) is 9.84 Å². The van der Waals surface area contributed by atoms with Crippen molar-refractivity contribution < 1.29 is 14.6 Å². The molecule has 84 valence electrons. The third-order valence-electron chi connectivity index (χ3n) is 2.60. The van der Waals surface area contributed by atoms with E-state index in [2.05, 4.69) is 4.99 Å². The van der Waals surface area contributed by atoms with E-state index >= 15 is 0 Å². The van der Waals surface area contributed by atoms with Crippen molar-refractivity contribution in [2.45, 2.75) is 19.4 Å². The highest BCUT2D eigenvalue weighted by molar-refractivity contribution is 5.98.